The topological polar surface area (TPSA) is 67.8 Å². The summed E-state index contributed by atoms with van der Waals surface area (Å²) in [6, 6.07) is 7.23. The average Bonchev–Trinajstić information content (AvgIpc) is 3.12. The van der Waals surface area contributed by atoms with Gasteiger partial charge in [-0.05, 0) is 23.7 Å². The van der Waals surface area contributed by atoms with E-state index < -0.39 is 0 Å². The summed E-state index contributed by atoms with van der Waals surface area (Å²) >= 11 is 2.69. The van der Waals surface area contributed by atoms with Crippen molar-refractivity contribution in [1.29, 1.82) is 0 Å². The minimum Gasteiger partial charge on any atom is -0.298 e. The molecule has 0 aliphatic heterocycles. The first-order valence-corrected chi connectivity index (χ1v) is 7.13. The summed E-state index contributed by atoms with van der Waals surface area (Å²) in [5.74, 6) is -0.169. The van der Waals surface area contributed by atoms with Crippen LogP contribution in [0.1, 0.15) is 10.4 Å². The maximum Gasteiger partial charge on any atom is 0.257 e. The Labute approximate surface area is 117 Å². The highest BCUT2D eigenvalue weighted by Gasteiger charge is 2.08. The highest BCUT2D eigenvalue weighted by Crippen LogP contribution is 2.19. The molecule has 1 aromatic carbocycles. The zero-order valence-corrected chi connectivity index (χ0v) is 11.2. The molecule has 7 heteroatoms. The third kappa shape index (κ3) is 2.67. The standard InChI is InChI=1S/C12H8N4OS2/c17-11(14-12-13-5-6-18-12)9-3-1-8(2-4-9)10-7-19-16-15-10/h1-7H,(H,13,14,17). The molecule has 0 bridgehead atoms. The van der Waals surface area contributed by atoms with Crippen molar-refractivity contribution in [1.82, 2.24) is 14.6 Å². The molecule has 5 nitrogen and oxygen atoms in total. The van der Waals surface area contributed by atoms with Crippen molar-refractivity contribution in [2.24, 2.45) is 0 Å². The molecule has 0 unspecified atom stereocenters. The fourth-order valence-electron chi connectivity index (χ4n) is 1.54. The van der Waals surface area contributed by atoms with E-state index in [1.54, 1.807) is 18.3 Å². The number of aromatic nitrogens is 3. The SMILES string of the molecule is O=C(Nc1nccs1)c1ccc(-c2csnn2)cc1. The fourth-order valence-corrected chi connectivity index (χ4v) is 2.53. The largest absolute Gasteiger partial charge is 0.298 e. The number of hydrogen-bond donors (Lipinski definition) is 1. The summed E-state index contributed by atoms with van der Waals surface area (Å²) in [6.45, 7) is 0. The molecule has 3 rings (SSSR count). The Bertz CT molecular complexity index is 662. The van der Waals surface area contributed by atoms with E-state index >= 15 is 0 Å². The number of amides is 1. The first kappa shape index (κ1) is 11.9. The summed E-state index contributed by atoms with van der Waals surface area (Å²) in [4.78, 5) is 15.9. The van der Waals surface area contributed by atoms with Gasteiger partial charge in [0.25, 0.3) is 5.91 Å². The molecule has 0 saturated heterocycles. The second-order valence-corrected chi connectivity index (χ2v) is 5.16. The van der Waals surface area contributed by atoms with Crippen LogP contribution in [0, 0.1) is 0 Å². The van der Waals surface area contributed by atoms with E-state index in [0.717, 1.165) is 11.3 Å². The number of benzene rings is 1. The molecule has 0 saturated carbocycles. The van der Waals surface area contributed by atoms with Gasteiger partial charge in [-0.3, -0.25) is 10.1 Å². The van der Waals surface area contributed by atoms with Gasteiger partial charge in [-0.1, -0.05) is 16.6 Å². The maximum atomic E-state index is 11.9. The van der Waals surface area contributed by atoms with Gasteiger partial charge in [0.05, 0.1) is 0 Å². The lowest BCUT2D eigenvalue weighted by Crippen LogP contribution is -2.11. The van der Waals surface area contributed by atoms with Gasteiger partial charge in [-0.25, -0.2) is 4.98 Å². The predicted molar refractivity (Wildman–Crippen MR) is 75.4 cm³/mol. The van der Waals surface area contributed by atoms with Crippen molar-refractivity contribution in [2.45, 2.75) is 0 Å². The van der Waals surface area contributed by atoms with Crippen molar-refractivity contribution < 1.29 is 4.79 Å². The number of carbonyl (C=O) groups is 1. The predicted octanol–water partition coefficient (Wildman–Crippen LogP) is 2.91. The van der Waals surface area contributed by atoms with Crippen LogP contribution in [-0.2, 0) is 0 Å². The number of rotatable bonds is 3. The van der Waals surface area contributed by atoms with E-state index in [9.17, 15) is 4.79 Å². The lowest BCUT2D eigenvalue weighted by molar-refractivity contribution is 0.102. The summed E-state index contributed by atoms with van der Waals surface area (Å²) < 4.78 is 3.81. The van der Waals surface area contributed by atoms with Crippen molar-refractivity contribution in [2.75, 3.05) is 5.32 Å². The molecule has 0 fully saturated rings. The van der Waals surface area contributed by atoms with Gasteiger partial charge in [0.2, 0.25) is 0 Å². The zero-order chi connectivity index (χ0) is 13.1. The first-order valence-electron chi connectivity index (χ1n) is 5.41. The smallest absolute Gasteiger partial charge is 0.257 e. The number of nitrogens with zero attached hydrogens (tertiary/aromatic N) is 3. The van der Waals surface area contributed by atoms with E-state index in [-0.39, 0.29) is 5.91 Å². The van der Waals surface area contributed by atoms with E-state index in [1.165, 1.54) is 22.9 Å². The van der Waals surface area contributed by atoms with E-state index in [1.807, 2.05) is 22.9 Å². The van der Waals surface area contributed by atoms with Crippen LogP contribution in [0.25, 0.3) is 11.3 Å². The normalized spacial score (nSPS) is 10.3. The van der Waals surface area contributed by atoms with Gasteiger partial charge in [0, 0.05) is 28.1 Å². The number of nitrogens with one attached hydrogen (secondary N) is 1. The van der Waals surface area contributed by atoms with Crippen LogP contribution in [0.3, 0.4) is 0 Å². The monoisotopic (exact) mass is 288 g/mol. The minimum atomic E-state index is -0.169. The van der Waals surface area contributed by atoms with Gasteiger partial charge in [-0.2, -0.15) is 0 Å². The van der Waals surface area contributed by atoms with Gasteiger partial charge in [-0.15, -0.1) is 16.4 Å². The van der Waals surface area contributed by atoms with Crippen molar-refractivity contribution in [3.05, 3.63) is 46.8 Å². The second kappa shape index (κ2) is 5.25. The summed E-state index contributed by atoms with van der Waals surface area (Å²) in [5, 5.41) is 11.0. The molecule has 0 radical (unpaired) electrons. The Morgan fingerprint density at radius 2 is 2.05 bits per heavy atom. The number of carbonyl (C=O) groups excluding carboxylic acids is 1. The lowest BCUT2D eigenvalue weighted by Gasteiger charge is -2.02. The van der Waals surface area contributed by atoms with Gasteiger partial charge in [0.1, 0.15) is 5.69 Å². The van der Waals surface area contributed by atoms with Crippen LogP contribution in [-0.4, -0.2) is 20.5 Å². The van der Waals surface area contributed by atoms with E-state index in [0.29, 0.717) is 10.7 Å². The summed E-state index contributed by atoms with van der Waals surface area (Å²) in [7, 11) is 0. The van der Waals surface area contributed by atoms with Crippen LogP contribution >= 0.6 is 22.9 Å². The van der Waals surface area contributed by atoms with Crippen molar-refractivity contribution in [3.8, 4) is 11.3 Å². The molecule has 2 heterocycles. The maximum absolute atomic E-state index is 11.9. The lowest BCUT2D eigenvalue weighted by atomic mass is 10.1. The Morgan fingerprint density at radius 1 is 1.21 bits per heavy atom. The van der Waals surface area contributed by atoms with Crippen molar-refractivity contribution >= 4 is 33.9 Å². The van der Waals surface area contributed by atoms with Crippen LogP contribution in [0.5, 0.6) is 0 Å². The molecule has 0 aliphatic rings. The molecule has 0 aliphatic carbocycles. The molecule has 3 aromatic rings. The van der Waals surface area contributed by atoms with Gasteiger partial charge < -0.3 is 0 Å². The van der Waals surface area contributed by atoms with Crippen LogP contribution in [0.15, 0.2) is 41.2 Å². The molecule has 0 atom stereocenters. The Kier molecular flexibility index (Phi) is 3.30. The summed E-state index contributed by atoms with van der Waals surface area (Å²) in [5.41, 5.74) is 2.35. The third-order valence-corrected chi connectivity index (χ3v) is 3.65. The average molecular weight is 288 g/mol. The molecular formula is C12H8N4OS2. The molecule has 94 valence electrons. The van der Waals surface area contributed by atoms with Gasteiger partial charge >= 0.3 is 0 Å². The first-order chi connectivity index (χ1) is 9.33. The third-order valence-electron chi connectivity index (χ3n) is 2.46. The van der Waals surface area contributed by atoms with Crippen LogP contribution in [0.2, 0.25) is 0 Å². The molecule has 1 amide bonds. The quantitative estimate of drug-likeness (QED) is 0.804. The summed E-state index contributed by atoms with van der Waals surface area (Å²) in [6.07, 6.45) is 1.65. The second-order valence-electron chi connectivity index (χ2n) is 3.66. The molecule has 0 spiro atoms. The van der Waals surface area contributed by atoms with Crippen molar-refractivity contribution in [3.63, 3.8) is 0 Å². The molecule has 19 heavy (non-hydrogen) atoms. The Hall–Kier alpha value is -2.12. The zero-order valence-electron chi connectivity index (χ0n) is 9.61. The number of anilines is 1. The highest BCUT2D eigenvalue weighted by molar-refractivity contribution is 7.13. The fraction of sp³-hybridized carbons (Fsp3) is 0. The number of thiazole rings is 1. The Balaban J connectivity index is 1.77. The Morgan fingerprint density at radius 3 is 2.68 bits per heavy atom. The molecule has 1 N–H and O–H groups in total. The van der Waals surface area contributed by atoms with E-state index in [4.69, 9.17) is 0 Å². The number of hydrogen-bond acceptors (Lipinski definition) is 6. The molecule has 2 aromatic heterocycles. The van der Waals surface area contributed by atoms with Gasteiger partial charge in [0.15, 0.2) is 5.13 Å². The van der Waals surface area contributed by atoms with Crippen LogP contribution in [0.4, 0.5) is 5.13 Å². The van der Waals surface area contributed by atoms with E-state index in [2.05, 4.69) is 19.9 Å². The molecular weight excluding hydrogens is 280 g/mol. The minimum absolute atomic E-state index is 0.169. The van der Waals surface area contributed by atoms with Crippen LogP contribution < -0.4 is 5.32 Å². The highest BCUT2D eigenvalue weighted by atomic mass is 32.1.